The average Bonchev–Trinajstić information content (AvgIpc) is 3.44. The Morgan fingerprint density at radius 3 is 2.75 bits per heavy atom. The van der Waals surface area contributed by atoms with Crippen LogP contribution in [0.5, 0.6) is 5.75 Å². The molecule has 2 atom stereocenters. The van der Waals surface area contributed by atoms with Crippen molar-refractivity contribution in [1.29, 1.82) is 0 Å². The number of aromatic nitrogens is 2. The Kier molecular flexibility index (Phi) is 8.54. The number of ketones is 1. The topological polar surface area (TPSA) is 97.6 Å². The molecule has 40 heavy (non-hydrogen) atoms. The van der Waals surface area contributed by atoms with Gasteiger partial charge in [-0.25, -0.2) is 4.98 Å². The molecule has 3 heterocycles. The molecule has 1 aliphatic heterocycles. The Morgan fingerprint density at radius 2 is 2.00 bits per heavy atom. The van der Waals surface area contributed by atoms with Crippen LogP contribution in [-0.4, -0.2) is 53.8 Å². The Hall–Kier alpha value is -3.26. The molecule has 8 nitrogen and oxygen atoms in total. The van der Waals surface area contributed by atoms with Gasteiger partial charge in [0.15, 0.2) is 5.76 Å². The number of pyridine rings is 1. The average molecular weight is 547 g/mol. The third-order valence-electron chi connectivity index (χ3n) is 8.89. The molecule has 1 N–H and O–H groups in total. The fraction of sp³-hybridized carbons (Fsp3) is 0.562. The van der Waals surface area contributed by atoms with Crippen LogP contribution in [-0.2, 0) is 9.59 Å². The van der Waals surface area contributed by atoms with Gasteiger partial charge in [0.05, 0.1) is 24.4 Å². The zero-order valence-corrected chi connectivity index (χ0v) is 24.3. The van der Waals surface area contributed by atoms with Gasteiger partial charge in [-0.2, -0.15) is 0 Å². The molecule has 0 bridgehead atoms. The molecule has 2 aromatic heterocycles. The van der Waals surface area contributed by atoms with E-state index in [-0.39, 0.29) is 23.3 Å². The van der Waals surface area contributed by atoms with Gasteiger partial charge in [-0.05, 0) is 76.7 Å². The number of fused-ring (bicyclic) bond motifs is 1. The number of hydrogen-bond donors (Lipinski definition) is 1. The molecule has 1 amide bonds. The third kappa shape index (κ3) is 6.22. The first-order valence-electron chi connectivity index (χ1n) is 14.7. The van der Waals surface area contributed by atoms with Crippen molar-refractivity contribution in [2.45, 2.75) is 77.7 Å². The summed E-state index contributed by atoms with van der Waals surface area (Å²) in [5.41, 5.74) is 2.77. The number of nitrogens with zero attached hydrogens (tertiary/aromatic N) is 3. The summed E-state index contributed by atoms with van der Waals surface area (Å²) in [4.78, 5) is 36.8. The number of hydrogen-bond acceptors (Lipinski definition) is 7. The second-order valence-electron chi connectivity index (χ2n) is 11.7. The first-order chi connectivity index (χ1) is 19.3. The van der Waals surface area contributed by atoms with E-state index in [2.05, 4.69) is 27.2 Å². The largest absolute Gasteiger partial charge is 0.496 e. The summed E-state index contributed by atoms with van der Waals surface area (Å²) in [7, 11) is 3.79. The second-order valence-corrected chi connectivity index (χ2v) is 11.7. The number of carbonyl (C=O) groups excluding carboxylic acids is 2. The Balaban J connectivity index is 1.33. The molecule has 8 heteroatoms. The summed E-state index contributed by atoms with van der Waals surface area (Å²) in [5.74, 6) is 2.25. The van der Waals surface area contributed by atoms with Crippen LogP contribution in [0.25, 0.3) is 22.2 Å². The number of nitrogens with one attached hydrogen (secondary N) is 1. The van der Waals surface area contributed by atoms with Crippen molar-refractivity contribution < 1.29 is 18.7 Å². The highest BCUT2D eigenvalue weighted by Gasteiger charge is 2.58. The van der Waals surface area contributed by atoms with Crippen molar-refractivity contribution in [3.63, 3.8) is 0 Å². The highest BCUT2D eigenvalue weighted by Crippen LogP contribution is 2.59. The number of amides is 1. The quantitative estimate of drug-likeness (QED) is 0.277. The molecule has 2 aliphatic rings. The van der Waals surface area contributed by atoms with E-state index in [1.807, 2.05) is 38.1 Å². The smallest absolute Gasteiger partial charge is 0.224 e. The Morgan fingerprint density at radius 1 is 1.20 bits per heavy atom. The highest BCUT2D eigenvalue weighted by atomic mass is 16.5. The zero-order valence-electron chi connectivity index (χ0n) is 24.3. The molecule has 1 aliphatic carbocycles. The summed E-state index contributed by atoms with van der Waals surface area (Å²) in [6.07, 6.45) is 9.44. The summed E-state index contributed by atoms with van der Waals surface area (Å²) in [6, 6.07) is 7.64. The van der Waals surface area contributed by atoms with Crippen molar-refractivity contribution in [3.05, 3.63) is 42.0 Å². The lowest BCUT2D eigenvalue weighted by Crippen LogP contribution is -2.36. The molecule has 1 spiro atoms. The van der Waals surface area contributed by atoms with Crippen LogP contribution in [0.1, 0.15) is 82.3 Å². The monoisotopic (exact) mass is 546 g/mol. The number of Topliss-reactive ketones (excluding diaryl/α,β-unsaturated/α-hetero) is 1. The van der Waals surface area contributed by atoms with E-state index in [4.69, 9.17) is 9.15 Å². The molecule has 3 aromatic rings. The van der Waals surface area contributed by atoms with E-state index in [1.165, 1.54) is 0 Å². The summed E-state index contributed by atoms with van der Waals surface area (Å²) in [6.45, 7) is 5.98. The van der Waals surface area contributed by atoms with Crippen molar-refractivity contribution in [2.75, 3.05) is 27.2 Å². The number of unbranched alkanes of at least 4 members (excludes halogenated alkanes) is 2. The van der Waals surface area contributed by atoms with Crippen molar-refractivity contribution in [2.24, 2.45) is 11.3 Å². The van der Waals surface area contributed by atoms with Crippen LogP contribution in [0.4, 0.5) is 0 Å². The van der Waals surface area contributed by atoms with E-state index in [0.29, 0.717) is 42.4 Å². The first kappa shape index (κ1) is 28.3. The van der Waals surface area contributed by atoms with Gasteiger partial charge < -0.3 is 19.4 Å². The number of likely N-dealkylation sites (tertiary alicyclic amines) is 1. The number of piperidine rings is 1. The Labute approximate surface area is 236 Å². The lowest BCUT2D eigenvalue weighted by molar-refractivity contribution is -0.124. The lowest BCUT2D eigenvalue weighted by Gasteiger charge is -2.30. The predicted molar refractivity (Wildman–Crippen MR) is 155 cm³/mol. The molecule has 1 saturated heterocycles. The zero-order chi connectivity index (χ0) is 28.3. The van der Waals surface area contributed by atoms with Gasteiger partial charge in [-0.3, -0.25) is 14.6 Å². The van der Waals surface area contributed by atoms with Crippen LogP contribution in [0.3, 0.4) is 0 Å². The highest BCUT2D eigenvalue weighted by molar-refractivity contribution is 5.87. The van der Waals surface area contributed by atoms with Crippen LogP contribution in [0.2, 0.25) is 0 Å². The van der Waals surface area contributed by atoms with E-state index in [1.54, 1.807) is 13.3 Å². The fourth-order valence-corrected chi connectivity index (χ4v) is 6.08. The van der Waals surface area contributed by atoms with Crippen molar-refractivity contribution in [3.8, 4) is 17.1 Å². The van der Waals surface area contributed by atoms with Gasteiger partial charge >= 0.3 is 0 Å². The van der Waals surface area contributed by atoms with Crippen LogP contribution >= 0.6 is 0 Å². The lowest BCUT2D eigenvalue weighted by atomic mass is 9.91. The summed E-state index contributed by atoms with van der Waals surface area (Å²) < 4.78 is 12.0. The van der Waals surface area contributed by atoms with Crippen LogP contribution < -0.4 is 10.1 Å². The van der Waals surface area contributed by atoms with Gasteiger partial charge in [0.1, 0.15) is 17.6 Å². The van der Waals surface area contributed by atoms with Gasteiger partial charge in [0.25, 0.3) is 0 Å². The molecular weight excluding hydrogens is 504 g/mol. The van der Waals surface area contributed by atoms with Crippen molar-refractivity contribution in [1.82, 2.24) is 20.2 Å². The van der Waals surface area contributed by atoms with E-state index in [0.717, 1.165) is 73.8 Å². The van der Waals surface area contributed by atoms with E-state index < -0.39 is 0 Å². The standard InChI is InChI=1S/C32H42N4O4/c1-5-23(37)9-7-6-8-10-26(35-30(38)25-19-32(25)13-15-36(3)16-14-32)31-33-20-29(40-31)24-17-22-12-11-21(2)34-27(22)18-28(24)39-4/h11-12,17-18,20,25-26H,5-10,13-16,19H2,1-4H3,(H,35,38)/t25-,26+/m1/s1. The number of rotatable bonds is 12. The van der Waals surface area contributed by atoms with E-state index in [9.17, 15) is 9.59 Å². The third-order valence-corrected chi connectivity index (χ3v) is 8.89. The number of oxazole rings is 1. The fourth-order valence-electron chi connectivity index (χ4n) is 6.08. The van der Waals surface area contributed by atoms with Crippen LogP contribution in [0.15, 0.2) is 34.9 Å². The minimum absolute atomic E-state index is 0.0665. The SMILES string of the molecule is CCC(=O)CCCCC[C@H](NC(=O)[C@H]1CC12CCN(C)CC2)c1ncc(-c2cc3ccc(C)nc3cc2OC)o1. The number of carbonyl (C=O) groups is 2. The number of ether oxygens (including phenoxy) is 1. The maximum atomic E-state index is 13.4. The maximum Gasteiger partial charge on any atom is 0.224 e. The molecule has 1 saturated carbocycles. The summed E-state index contributed by atoms with van der Waals surface area (Å²) >= 11 is 0. The molecule has 0 radical (unpaired) electrons. The normalized spacial score (nSPS) is 19.1. The minimum Gasteiger partial charge on any atom is -0.496 e. The molecule has 214 valence electrons. The van der Waals surface area contributed by atoms with Gasteiger partial charge in [-0.1, -0.05) is 25.8 Å². The molecular formula is C32H42N4O4. The summed E-state index contributed by atoms with van der Waals surface area (Å²) in [5, 5.41) is 4.29. The van der Waals surface area contributed by atoms with Crippen LogP contribution in [0, 0.1) is 18.3 Å². The Bertz CT molecular complexity index is 1360. The van der Waals surface area contributed by atoms with Crippen molar-refractivity contribution >= 4 is 22.6 Å². The van der Waals surface area contributed by atoms with Gasteiger partial charge in [0, 0.05) is 35.9 Å². The number of benzene rings is 1. The molecule has 5 rings (SSSR count). The minimum atomic E-state index is -0.317. The molecule has 1 aromatic carbocycles. The van der Waals surface area contributed by atoms with E-state index >= 15 is 0 Å². The number of methoxy groups -OCH3 is 1. The predicted octanol–water partition coefficient (Wildman–Crippen LogP) is 6.03. The maximum absolute atomic E-state index is 13.4. The molecule has 0 unspecified atom stereocenters. The number of aryl methyl sites for hydroxylation is 1. The van der Waals surface area contributed by atoms with Gasteiger partial charge in [-0.15, -0.1) is 0 Å². The molecule has 2 fully saturated rings. The second kappa shape index (κ2) is 12.1. The first-order valence-corrected chi connectivity index (χ1v) is 14.7. The van der Waals surface area contributed by atoms with Gasteiger partial charge in [0.2, 0.25) is 11.8 Å².